The van der Waals surface area contributed by atoms with Crippen LogP contribution in [0.25, 0.3) is 0 Å². The van der Waals surface area contributed by atoms with Crippen LogP contribution >= 0.6 is 0 Å². The summed E-state index contributed by atoms with van der Waals surface area (Å²) in [6, 6.07) is 7.83. The second-order valence-electron chi connectivity index (χ2n) is 9.04. The molecule has 2 aliphatic heterocycles. The van der Waals surface area contributed by atoms with Crippen LogP contribution in [-0.2, 0) is 0 Å². The summed E-state index contributed by atoms with van der Waals surface area (Å²) >= 11 is 0. The minimum atomic E-state index is 0.182. The molecular formula is C23H30N8. The second-order valence-corrected chi connectivity index (χ2v) is 9.04. The maximum atomic E-state index is 9.24. The molecule has 0 aliphatic carbocycles. The third-order valence-corrected chi connectivity index (χ3v) is 6.83. The smallest absolute Gasteiger partial charge is 0.155 e. The van der Waals surface area contributed by atoms with Crippen LogP contribution in [0.1, 0.15) is 55.8 Å². The van der Waals surface area contributed by atoms with Crippen molar-refractivity contribution in [1.82, 2.24) is 9.97 Å². The number of hydrogen-bond donors (Lipinski definition) is 3. The van der Waals surface area contributed by atoms with Crippen molar-refractivity contribution >= 4 is 23.2 Å². The van der Waals surface area contributed by atoms with Crippen molar-refractivity contribution in [1.29, 1.82) is 10.7 Å². The topological polar surface area (TPSA) is 132 Å². The SMILES string of the molecule is C[C@@H]1CCN(C(=N)c2ncc(N3CCC(C)(CN)CC3)nc2N)c2ccc(C#N)cc21. The van der Waals surface area contributed by atoms with E-state index in [1.165, 1.54) is 0 Å². The Hall–Kier alpha value is -3.18. The van der Waals surface area contributed by atoms with Crippen LogP contribution in [0.4, 0.5) is 17.3 Å². The molecule has 8 heteroatoms. The van der Waals surface area contributed by atoms with Gasteiger partial charge in [0.1, 0.15) is 11.5 Å². The number of fused-ring (bicyclic) bond motifs is 1. The van der Waals surface area contributed by atoms with E-state index in [9.17, 15) is 5.26 Å². The van der Waals surface area contributed by atoms with Crippen molar-refractivity contribution in [2.75, 3.05) is 41.7 Å². The molecule has 0 spiro atoms. The van der Waals surface area contributed by atoms with E-state index < -0.39 is 0 Å². The van der Waals surface area contributed by atoms with Crippen molar-refractivity contribution in [2.24, 2.45) is 11.1 Å². The average Bonchev–Trinajstić information content (AvgIpc) is 2.79. The zero-order valence-corrected chi connectivity index (χ0v) is 18.2. The van der Waals surface area contributed by atoms with Crippen LogP contribution < -0.4 is 21.3 Å². The molecule has 0 amide bonds. The second kappa shape index (κ2) is 8.16. The summed E-state index contributed by atoms with van der Waals surface area (Å²) in [5.41, 5.74) is 15.4. The minimum Gasteiger partial charge on any atom is -0.382 e. The van der Waals surface area contributed by atoms with Gasteiger partial charge in [0.25, 0.3) is 0 Å². The molecule has 1 fully saturated rings. The first-order valence-corrected chi connectivity index (χ1v) is 10.8. The van der Waals surface area contributed by atoms with Crippen molar-refractivity contribution in [3.05, 3.63) is 41.2 Å². The van der Waals surface area contributed by atoms with Crippen LogP contribution in [0.5, 0.6) is 0 Å². The lowest BCUT2D eigenvalue weighted by Crippen LogP contribution is -2.42. The summed E-state index contributed by atoms with van der Waals surface area (Å²) in [7, 11) is 0. The zero-order chi connectivity index (χ0) is 22.2. The van der Waals surface area contributed by atoms with Crippen LogP contribution in [0.3, 0.4) is 0 Å². The highest BCUT2D eigenvalue weighted by Crippen LogP contribution is 2.37. The Morgan fingerprint density at radius 1 is 1.32 bits per heavy atom. The maximum Gasteiger partial charge on any atom is 0.155 e. The summed E-state index contributed by atoms with van der Waals surface area (Å²) in [6.45, 7) is 7.51. The van der Waals surface area contributed by atoms with E-state index in [0.29, 0.717) is 30.3 Å². The summed E-state index contributed by atoms with van der Waals surface area (Å²) < 4.78 is 0. The predicted molar refractivity (Wildman–Crippen MR) is 123 cm³/mol. The Morgan fingerprint density at radius 3 is 2.71 bits per heavy atom. The van der Waals surface area contributed by atoms with E-state index in [4.69, 9.17) is 16.9 Å². The fourth-order valence-corrected chi connectivity index (χ4v) is 4.43. The molecule has 1 aromatic heterocycles. The molecule has 2 aromatic rings. The van der Waals surface area contributed by atoms with Gasteiger partial charge in [-0.1, -0.05) is 13.8 Å². The van der Waals surface area contributed by atoms with Gasteiger partial charge in [0.15, 0.2) is 11.7 Å². The third-order valence-electron chi connectivity index (χ3n) is 6.83. The number of rotatable bonds is 3. The molecule has 0 radical (unpaired) electrons. The third kappa shape index (κ3) is 3.93. The van der Waals surface area contributed by atoms with Crippen molar-refractivity contribution in [2.45, 2.75) is 39.0 Å². The number of benzene rings is 1. The number of nitriles is 1. The number of hydrogen-bond acceptors (Lipinski definition) is 7. The predicted octanol–water partition coefficient (Wildman–Crippen LogP) is 2.83. The molecule has 4 rings (SSSR count). The number of anilines is 3. The largest absolute Gasteiger partial charge is 0.382 e. The highest BCUT2D eigenvalue weighted by Gasteiger charge is 2.31. The normalized spacial score (nSPS) is 20.1. The van der Waals surface area contributed by atoms with Crippen LogP contribution in [-0.4, -0.2) is 42.0 Å². The molecule has 31 heavy (non-hydrogen) atoms. The molecule has 1 atom stereocenters. The summed E-state index contributed by atoms with van der Waals surface area (Å²) in [6.07, 6.45) is 4.63. The quantitative estimate of drug-likeness (QED) is 0.516. The zero-order valence-electron chi connectivity index (χ0n) is 18.2. The van der Waals surface area contributed by atoms with E-state index in [-0.39, 0.29) is 17.1 Å². The number of nitrogens with two attached hydrogens (primary N) is 2. The number of nitrogen functional groups attached to an aromatic ring is 1. The van der Waals surface area contributed by atoms with Crippen LogP contribution in [0.15, 0.2) is 24.4 Å². The van der Waals surface area contributed by atoms with E-state index >= 15 is 0 Å². The molecule has 5 N–H and O–H groups in total. The fraction of sp³-hybridized carbons (Fsp3) is 0.478. The highest BCUT2D eigenvalue weighted by atomic mass is 15.2. The Kier molecular flexibility index (Phi) is 5.54. The van der Waals surface area contributed by atoms with Gasteiger partial charge in [-0.15, -0.1) is 0 Å². The molecule has 1 aromatic carbocycles. The number of nitrogens with one attached hydrogen (secondary N) is 1. The maximum absolute atomic E-state index is 9.24. The molecule has 0 saturated carbocycles. The molecule has 2 aliphatic rings. The van der Waals surface area contributed by atoms with Gasteiger partial charge in [-0.05, 0) is 60.9 Å². The van der Waals surface area contributed by atoms with Crippen molar-refractivity contribution in [3.63, 3.8) is 0 Å². The first-order chi connectivity index (χ1) is 14.8. The number of amidine groups is 1. The number of piperidine rings is 1. The van der Waals surface area contributed by atoms with Crippen molar-refractivity contribution < 1.29 is 0 Å². The molecule has 1 saturated heterocycles. The molecule has 0 bridgehead atoms. The minimum absolute atomic E-state index is 0.182. The van der Waals surface area contributed by atoms with Crippen LogP contribution in [0, 0.1) is 22.2 Å². The first-order valence-electron chi connectivity index (χ1n) is 10.8. The van der Waals surface area contributed by atoms with Gasteiger partial charge < -0.3 is 21.3 Å². The highest BCUT2D eigenvalue weighted by molar-refractivity contribution is 6.09. The van der Waals surface area contributed by atoms with Gasteiger partial charge in [0.2, 0.25) is 0 Å². The molecular weight excluding hydrogens is 388 g/mol. The van der Waals surface area contributed by atoms with Crippen molar-refractivity contribution in [3.8, 4) is 6.07 Å². The van der Waals surface area contributed by atoms with Gasteiger partial charge in [-0.3, -0.25) is 5.41 Å². The van der Waals surface area contributed by atoms with Gasteiger partial charge in [-0.25, -0.2) is 9.97 Å². The Bertz CT molecular complexity index is 1030. The average molecular weight is 419 g/mol. The lowest BCUT2D eigenvalue weighted by Gasteiger charge is -2.39. The molecule has 0 unspecified atom stereocenters. The van der Waals surface area contributed by atoms with E-state index in [0.717, 1.165) is 49.4 Å². The lowest BCUT2D eigenvalue weighted by atomic mass is 9.80. The van der Waals surface area contributed by atoms with Crippen LogP contribution in [0.2, 0.25) is 0 Å². The molecule has 3 heterocycles. The number of aromatic nitrogens is 2. The van der Waals surface area contributed by atoms with E-state index in [1.807, 2.05) is 17.0 Å². The van der Waals surface area contributed by atoms with Gasteiger partial charge >= 0.3 is 0 Å². The lowest BCUT2D eigenvalue weighted by molar-refractivity contribution is 0.258. The summed E-state index contributed by atoms with van der Waals surface area (Å²) in [5, 5.41) is 18.0. The summed E-state index contributed by atoms with van der Waals surface area (Å²) in [5.74, 6) is 1.59. The number of nitrogens with zero attached hydrogens (tertiary/aromatic N) is 5. The van der Waals surface area contributed by atoms with Gasteiger partial charge in [0, 0.05) is 25.3 Å². The Balaban J connectivity index is 1.57. The van der Waals surface area contributed by atoms with Gasteiger partial charge in [0.05, 0.1) is 17.8 Å². The Labute approximate surface area is 183 Å². The first kappa shape index (κ1) is 21.1. The van der Waals surface area contributed by atoms with E-state index in [2.05, 4.69) is 34.8 Å². The standard InChI is InChI=1S/C23H30N8/c1-15-5-8-31(18-4-3-16(12-24)11-17(15)18)22(27)20-21(26)29-19(13-28-20)30-9-6-23(2,14-25)7-10-30/h3-4,11,13,15,27H,5-10,14,25H2,1-2H3,(H2,26,29)/t15-/m1/s1. The van der Waals surface area contributed by atoms with Gasteiger partial charge in [-0.2, -0.15) is 5.26 Å². The fourth-order valence-electron chi connectivity index (χ4n) is 4.43. The Morgan fingerprint density at radius 2 is 2.06 bits per heavy atom. The van der Waals surface area contributed by atoms with E-state index in [1.54, 1.807) is 12.3 Å². The molecule has 8 nitrogen and oxygen atoms in total. The molecule has 162 valence electrons. The summed E-state index contributed by atoms with van der Waals surface area (Å²) in [4.78, 5) is 13.2. The monoisotopic (exact) mass is 418 g/mol.